The minimum atomic E-state index is -0.221. The third kappa shape index (κ3) is 1.93. The zero-order valence-electron chi connectivity index (χ0n) is 10.5. The second-order valence-electron chi connectivity index (χ2n) is 4.58. The van der Waals surface area contributed by atoms with Gasteiger partial charge in [-0.3, -0.25) is 0 Å². The van der Waals surface area contributed by atoms with E-state index >= 15 is 0 Å². The minimum absolute atomic E-state index is 0.221. The quantitative estimate of drug-likeness (QED) is 0.763. The van der Waals surface area contributed by atoms with Crippen molar-refractivity contribution in [1.82, 2.24) is 0 Å². The van der Waals surface area contributed by atoms with Gasteiger partial charge in [-0.2, -0.15) is 5.26 Å². The molecule has 2 aromatic carbocycles. The van der Waals surface area contributed by atoms with Crippen molar-refractivity contribution < 1.29 is 4.39 Å². The third-order valence-corrected chi connectivity index (χ3v) is 4.39. The fourth-order valence-electron chi connectivity index (χ4n) is 2.56. The summed E-state index contributed by atoms with van der Waals surface area (Å²) in [4.78, 5) is 1.01. The van der Waals surface area contributed by atoms with E-state index in [0.29, 0.717) is 0 Å². The summed E-state index contributed by atoms with van der Waals surface area (Å²) < 4.78 is 13.0. The SMILES string of the molecule is CSc1cc(-c2ccc(F)cc2)c2c(c1C#N)CC2. The van der Waals surface area contributed by atoms with Gasteiger partial charge in [-0.05, 0) is 59.6 Å². The van der Waals surface area contributed by atoms with E-state index in [1.54, 1.807) is 23.9 Å². The monoisotopic (exact) mass is 269 g/mol. The number of rotatable bonds is 2. The van der Waals surface area contributed by atoms with Crippen LogP contribution < -0.4 is 0 Å². The predicted octanol–water partition coefficient (Wildman–Crippen LogP) is 4.18. The van der Waals surface area contributed by atoms with Crippen LogP contribution in [0, 0.1) is 17.1 Å². The van der Waals surface area contributed by atoms with Crippen LogP contribution in [0.25, 0.3) is 11.1 Å². The van der Waals surface area contributed by atoms with Crippen LogP contribution in [-0.2, 0) is 12.8 Å². The molecule has 1 nitrogen and oxygen atoms in total. The van der Waals surface area contributed by atoms with Crippen LogP contribution in [0.1, 0.15) is 16.7 Å². The standard InChI is InChI=1S/C16H12FNS/c1-19-16-8-14(10-2-4-11(17)5-3-10)12-6-7-13(12)15(16)9-18/h2-5,8H,6-7H2,1H3. The summed E-state index contributed by atoms with van der Waals surface area (Å²) in [5, 5.41) is 9.27. The van der Waals surface area contributed by atoms with E-state index in [1.165, 1.54) is 23.3 Å². The molecule has 0 saturated heterocycles. The van der Waals surface area contributed by atoms with Crippen LogP contribution in [0.4, 0.5) is 4.39 Å². The largest absolute Gasteiger partial charge is 0.207 e. The molecule has 0 fully saturated rings. The van der Waals surface area contributed by atoms with Gasteiger partial charge in [0, 0.05) is 4.90 Å². The Hall–Kier alpha value is -1.79. The smallest absolute Gasteiger partial charge is 0.123 e. The van der Waals surface area contributed by atoms with Crippen LogP contribution in [0.3, 0.4) is 0 Å². The molecule has 0 heterocycles. The van der Waals surface area contributed by atoms with Crippen molar-refractivity contribution in [3.05, 3.63) is 52.8 Å². The predicted molar refractivity (Wildman–Crippen MR) is 75.7 cm³/mol. The average molecular weight is 269 g/mol. The molecule has 0 amide bonds. The maximum absolute atomic E-state index is 13.0. The van der Waals surface area contributed by atoms with Crippen LogP contribution in [-0.4, -0.2) is 6.26 Å². The second-order valence-corrected chi connectivity index (χ2v) is 5.43. The van der Waals surface area contributed by atoms with Crippen molar-refractivity contribution in [2.24, 2.45) is 0 Å². The minimum Gasteiger partial charge on any atom is -0.207 e. The lowest BCUT2D eigenvalue weighted by Crippen LogP contribution is -2.13. The summed E-state index contributed by atoms with van der Waals surface area (Å²) in [6, 6.07) is 11.0. The first-order valence-electron chi connectivity index (χ1n) is 6.13. The Bertz CT molecular complexity index is 683. The fraction of sp³-hybridized carbons (Fsp3) is 0.188. The van der Waals surface area contributed by atoms with Gasteiger partial charge >= 0.3 is 0 Å². The topological polar surface area (TPSA) is 23.8 Å². The van der Waals surface area contributed by atoms with Crippen molar-refractivity contribution in [3.8, 4) is 17.2 Å². The molecular weight excluding hydrogens is 257 g/mol. The van der Waals surface area contributed by atoms with Crippen molar-refractivity contribution in [1.29, 1.82) is 5.26 Å². The van der Waals surface area contributed by atoms with Gasteiger partial charge in [0.15, 0.2) is 0 Å². The van der Waals surface area contributed by atoms with Crippen molar-refractivity contribution in [3.63, 3.8) is 0 Å². The molecule has 0 atom stereocenters. The lowest BCUT2D eigenvalue weighted by molar-refractivity contribution is 0.628. The van der Waals surface area contributed by atoms with Crippen LogP contribution in [0.5, 0.6) is 0 Å². The van der Waals surface area contributed by atoms with Crippen LogP contribution >= 0.6 is 11.8 Å². The molecule has 0 radical (unpaired) electrons. The molecule has 19 heavy (non-hydrogen) atoms. The number of nitrogens with zero attached hydrogens (tertiary/aromatic N) is 1. The normalized spacial score (nSPS) is 12.5. The van der Waals surface area contributed by atoms with Gasteiger partial charge in [0.1, 0.15) is 11.9 Å². The molecule has 1 aliphatic carbocycles. The summed E-state index contributed by atoms with van der Waals surface area (Å²) in [6.07, 6.45) is 3.96. The van der Waals surface area contributed by atoms with E-state index in [1.807, 2.05) is 6.26 Å². The first kappa shape index (κ1) is 12.3. The van der Waals surface area contributed by atoms with Gasteiger partial charge in [0.2, 0.25) is 0 Å². The van der Waals surface area contributed by atoms with E-state index in [0.717, 1.165) is 34.4 Å². The Morgan fingerprint density at radius 2 is 1.84 bits per heavy atom. The highest BCUT2D eigenvalue weighted by Crippen LogP contribution is 2.40. The van der Waals surface area contributed by atoms with E-state index in [9.17, 15) is 9.65 Å². The summed E-state index contributed by atoms with van der Waals surface area (Å²) in [7, 11) is 0. The number of hydrogen-bond donors (Lipinski definition) is 0. The van der Waals surface area contributed by atoms with Crippen LogP contribution in [0.15, 0.2) is 35.2 Å². The number of nitriles is 1. The summed E-state index contributed by atoms with van der Waals surface area (Å²) in [5.74, 6) is -0.221. The van der Waals surface area contributed by atoms with Crippen LogP contribution in [0.2, 0.25) is 0 Å². The van der Waals surface area contributed by atoms with Crippen molar-refractivity contribution in [2.75, 3.05) is 6.26 Å². The first-order valence-corrected chi connectivity index (χ1v) is 7.36. The van der Waals surface area contributed by atoms with Gasteiger partial charge in [-0.25, -0.2) is 4.39 Å². The van der Waals surface area contributed by atoms with E-state index in [2.05, 4.69) is 12.1 Å². The molecular formula is C16H12FNS. The number of benzene rings is 2. The molecule has 1 aliphatic rings. The molecule has 0 aliphatic heterocycles. The number of halogens is 1. The first-order chi connectivity index (χ1) is 9.24. The Morgan fingerprint density at radius 3 is 2.37 bits per heavy atom. The highest BCUT2D eigenvalue weighted by atomic mass is 32.2. The molecule has 3 rings (SSSR count). The van der Waals surface area contributed by atoms with Crippen molar-refractivity contribution in [2.45, 2.75) is 17.7 Å². The molecule has 2 aromatic rings. The summed E-state index contributed by atoms with van der Waals surface area (Å²) in [6.45, 7) is 0. The molecule has 0 saturated carbocycles. The zero-order valence-corrected chi connectivity index (χ0v) is 11.4. The van der Waals surface area contributed by atoms with Gasteiger partial charge in [-0.15, -0.1) is 11.8 Å². The Morgan fingerprint density at radius 1 is 1.16 bits per heavy atom. The maximum atomic E-state index is 13.0. The molecule has 0 unspecified atom stereocenters. The highest BCUT2D eigenvalue weighted by Gasteiger charge is 2.24. The van der Waals surface area contributed by atoms with Crippen molar-refractivity contribution >= 4 is 11.8 Å². The molecule has 0 spiro atoms. The highest BCUT2D eigenvalue weighted by molar-refractivity contribution is 7.98. The maximum Gasteiger partial charge on any atom is 0.123 e. The second kappa shape index (κ2) is 4.71. The lowest BCUT2D eigenvalue weighted by Gasteiger charge is -2.25. The average Bonchev–Trinajstić information content (AvgIpc) is 2.40. The lowest BCUT2D eigenvalue weighted by atomic mass is 9.80. The number of fused-ring (bicyclic) bond motifs is 1. The third-order valence-electron chi connectivity index (χ3n) is 3.62. The molecule has 0 aromatic heterocycles. The molecule has 0 N–H and O–H groups in total. The number of hydrogen-bond acceptors (Lipinski definition) is 2. The Balaban J connectivity index is 2.21. The Labute approximate surface area is 116 Å². The summed E-state index contributed by atoms with van der Waals surface area (Å²) in [5.41, 5.74) is 5.41. The van der Waals surface area contributed by atoms with E-state index in [-0.39, 0.29) is 5.82 Å². The molecule has 3 heteroatoms. The molecule has 94 valence electrons. The van der Waals surface area contributed by atoms with E-state index < -0.39 is 0 Å². The number of thioether (sulfide) groups is 1. The Kier molecular flexibility index (Phi) is 3.04. The van der Waals surface area contributed by atoms with Gasteiger partial charge < -0.3 is 0 Å². The fourth-order valence-corrected chi connectivity index (χ4v) is 3.17. The summed E-state index contributed by atoms with van der Waals surface area (Å²) >= 11 is 1.59. The molecule has 0 bridgehead atoms. The van der Waals surface area contributed by atoms with E-state index in [4.69, 9.17) is 0 Å². The van der Waals surface area contributed by atoms with Gasteiger partial charge in [0.05, 0.1) is 5.56 Å². The zero-order chi connectivity index (χ0) is 13.4. The van der Waals surface area contributed by atoms with Gasteiger partial charge in [0.25, 0.3) is 0 Å². The van der Waals surface area contributed by atoms with Gasteiger partial charge in [-0.1, -0.05) is 12.1 Å².